The molecule has 1 aromatic heterocycles. The van der Waals surface area contributed by atoms with E-state index >= 15 is 0 Å². The number of amides is 1. The first kappa shape index (κ1) is 18.5. The van der Waals surface area contributed by atoms with E-state index in [0.717, 1.165) is 34.8 Å². The van der Waals surface area contributed by atoms with Gasteiger partial charge in [0.1, 0.15) is 11.6 Å². The average molecular weight is 361 g/mol. The summed E-state index contributed by atoms with van der Waals surface area (Å²) in [6.45, 7) is 2.71. The van der Waals surface area contributed by atoms with Gasteiger partial charge in [-0.1, -0.05) is 37.3 Å². The highest BCUT2D eigenvalue weighted by Gasteiger charge is 2.09. The van der Waals surface area contributed by atoms with Gasteiger partial charge in [-0.3, -0.25) is 4.79 Å². The highest BCUT2D eigenvalue weighted by molar-refractivity contribution is 6.04. The molecule has 5 nitrogen and oxygen atoms in total. The molecule has 0 radical (unpaired) electrons. The third kappa shape index (κ3) is 4.85. The summed E-state index contributed by atoms with van der Waals surface area (Å²) in [5.74, 6) is 1.39. The lowest BCUT2D eigenvalue weighted by atomic mass is 10.1. The lowest BCUT2D eigenvalue weighted by Crippen LogP contribution is -2.13. The number of para-hydroxylation sites is 1. The largest absolute Gasteiger partial charge is 0.497 e. The van der Waals surface area contributed by atoms with Crippen LogP contribution in [0.3, 0.4) is 0 Å². The van der Waals surface area contributed by atoms with Gasteiger partial charge in [-0.25, -0.2) is 4.98 Å². The molecular weight excluding hydrogens is 338 g/mol. The van der Waals surface area contributed by atoms with Crippen LogP contribution >= 0.6 is 0 Å². The second-order valence-corrected chi connectivity index (χ2v) is 6.10. The van der Waals surface area contributed by atoms with Gasteiger partial charge < -0.3 is 15.4 Å². The van der Waals surface area contributed by atoms with Gasteiger partial charge in [0.2, 0.25) is 0 Å². The lowest BCUT2D eigenvalue weighted by Gasteiger charge is -2.10. The van der Waals surface area contributed by atoms with Crippen molar-refractivity contribution in [3.63, 3.8) is 0 Å². The van der Waals surface area contributed by atoms with E-state index in [1.165, 1.54) is 0 Å². The Labute approximate surface area is 159 Å². The predicted octanol–water partition coefficient (Wildman–Crippen LogP) is 4.52. The van der Waals surface area contributed by atoms with Gasteiger partial charge in [-0.2, -0.15) is 0 Å². The number of benzene rings is 2. The number of aryl methyl sites for hydroxylation is 1. The molecule has 0 unspecified atom stereocenters. The van der Waals surface area contributed by atoms with Crippen molar-refractivity contribution in [1.82, 2.24) is 4.98 Å². The van der Waals surface area contributed by atoms with Crippen LogP contribution in [0.4, 0.5) is 11.5 Å². The molecule has 0 saturated heterocycles. The summed E-state index contributed by atoms with van der Waals surface area (Å²) in [5.41, 5.74) is 3.59. The van der Waals surface area contributed by atoms with Crippen LogP contribution in [0.1, 0.15) is 28.4 Å². The molecule has 27 heavy (non-hydrogen) atoms. The fraction of sp³-hybridized carbons (Fsp3) is 0.182. The number of nitrogens with one attached hydrogen (secondary N) is 2. The summed E-state index contributed by atoms with van der Waals surface area (Å²) in [6.07, 6.45) is 2.45. The number of ether oxygens (including phenoxy) is 1. The molecule has 0 spiro atoms. The molecule has 0 bridgehead atoms. The third-order valence-electron chi connectivity index (χ3n) is 4.30. The molecule has 0 aliphatic rings. The molecule has 0 aliphatic heterocycles. The zero-order valence-electron chi connectivity index (χ0n) is 15.5. The quantitative estimate of drug-likeness (QED) is 0.650. The summed E-state index contributed by atoms with van der Waals surface area (Å²) in [4.78, 5) is 16.8. The van der Waals surface area contributed by atoms with Gasteiger partial charge in [0, 0.05) is 18.4 Å². The summed E-state index contributed by atoms with van der Waals surface area (Å²) in [5, 5.41) is 6.20. The van der Waals surface area contributed by atoms with Crippen LogP contribution in [-0.4, -0.2) is 18.0 Å². The van der Waals surface area contributed by atoms with E-state index in [1.807, 2.05) is 54.6 Å². The minimum atomic E-state index is -0.162. The Balaban J connectivity index is 1.59. The van der Waals surface area contributed by atoms with Crippen LogP contribution in [0.2, 0.25) is 0 Å². The van der Waals surface area contributed by atoms with Gasteiger partial charge in [-0.05, 0) is 47.9 Å². The first-order chi connectivity index (χ1) is 13.2. The number of hydrogen-bond acceptors (Lipinski definition) is 4. The van der Waals surface area contributed by atoms with Crippen molar-refractivity contribution < 1.29 is 9.53 Å². The standard InChI is InChI=1S/C22H23N3O2/c1-3-17-6-4-5-7-20(17)25-22(26)18-10-13-21(24-15-18)23-14-16-8-11-19(27-2)12-9-16/h4-13,15H,3,14H2,1-2H3,(H,23,24)(H,25,26). The van der Waals surface area contributed by atoms with Crippen molar-refractivity contribution in [1.29, 1.82) is 0 Å². The zero-order chi connectivity index (χ0) is 19.1. The number of methoxy groups -OCH3 is 1. The SMILES string of the molecule is CCc1ccccc1NC(=O)c1ccc(NCc2ccc(OC)cc2)nc1. The van der Waals surface area contributed by atoms with Crippen LogP contribution in [0.5, 0.6) is 5.75 Å². The van der Waals surface area contributed by atoms with Crippen molar-refractivity contribution in [3.05, 3.63) is 83.6 Å². The van der Waals surface area contributed by atoms with Crippen LogP contribution in [0, 0.1) is 0 Å². The predicted molar refractivity (Wildman–Crippen MR) is 108 cm³/mol. The highest BCUT2D eigenvalue weighted by Crippen LogP contribution is 2.17. The molecule has 138 valence electrons. The lowest BCUT2D eigenvalue weighted by molar-refractivity contribution is 0.102. The molecule has 3 rings (SSSR count). The maximum Gasteiger partial charge on any atom is 0.257 e. The second kappa shape index (κ2) is 8.85. The molecule has 0 fully saturated rings. The Hall–Kier alpha value is -3.34. The van der Waals surface area contributed by atoms with Crippen LogP contribution in [0.15, 0.2) is 66.9 Å². The molecule has 0 aliphatic carbocycles. The van der Waals surface area contributed by atoms with E-state index in [9.17, 15) is 4.79 Å². The van der Waals surface area contributed by atoms with Gasteiger partial charge in [0.05, 0.1) is 12.7 Å². The van der Waals surface area contributed by atoms with E-state index in [-0.39, 0.29) is 5.91 Å². The van der Waals surface area contributed by atoms with Crippen LogP contribution in [0.25, 0.3) is 0 Å². The van der Waals surface area contributed by atoms with Crippen molar-refractivity contribution in [2.75, 3.05) is 17.7 Å². The minimum absolute atomic E-state index is 0.162. The molecule has 1 amide bonds. The van der Waals surface area contributed by atoms with E-state index in [1.54, 1.807) is 19.4 Å². The van der Waals surface area contributed by atoms with Crippen molar-refractivity contribution in [2.24, 2.45) is 0 Å². The molecule has 2 aromatic carbocycles. The fourth-order valence-electron chi connectivity index (χ4n) is 2.71. The molecule has 0 saturated carbocycles. The fourth-order valence-corrected chi connectivity index (χ4v) is 2.71. The average Bonchev–Trinajstić information content (AvgIpc) is 2.73. The summed E-state index contributed by atoms with van der Waals surface area (Å²) < 4.78 is 5.15. The number of pyridine rings is 1. The van der Waals surface area contributed by atoms with Crippen molar-refractivity contribution in [3.8, 4) is 5.75 Å². The highest BCUT2D eigenvalue weighted by atomic mass is 16.5. The number of carbonyl (C=O) groups excluding carboxylic acids is 1. The molecule has 3 aromatic rings. The first-order valence-corrected chi connectivity index (χ1v) is 8.91. The van der Waals surface area contributed by atoms with E-state index in [4.69, 9.17) is 4.74 Å². The molecule has 1 heterocycles. The monoisotopic (exact) mass is 361 g/mol. The zero-order valence-corrected chi connectivity index (χ0v) is 15.5. The Bertz CT molecular complexity index is 890. The number of carbonyl (C=O) groups is 1. The van der Waals surface area contributed by atoms with Crippen molar-refractivity contribution in [2.45, 2.75) is 19.9 Å². The third-order valence-corrected chi connectivity index (χ3v) is 4.30. The van der Waals surface area contributed by atoms with Gasteiger partial charge in [-0.15, -0.1) is 0 Å². The molecule has 0 atom stereocenters. The smallest absolute Gasteiger partial charge is 0.257 e. The molecule has 5 heteroatoms. The molecule has 2 N–H and O–H groups in total. The Morgan fingerprint density at radius 1 is 1.04 bits per heavy atom. The summed E-state index contributed by atoms with van der Waals surface area (Å²) in [7, 11) is 1.65. The first-order valence-electron chi connectivity index (χ1n) is 8.91. The maximum absolute atomic E-state index is 12.4. The van der Waals surface area contributed by atoms with E-state index in [0.29, 0.717) is 12.1 Å². The van der Waals surface area contributed by atoms with Crippen LogP contribution in [-0.2, 0) is 13.0 Å². The topological polar surface area (TPSA) is 63.2 Å². The summed E-state index contributed by atoms with van der Waals surface area (Å²) in [6, 6.07) is 19.2. The minimum Gasteiger partial charge on any atom is -0.497 e. The van der Waals surface area contributed by atoms with Gasteiger partial charge in [0.15, 0.2) is 0 Å². The number of aromatic nitrogens is 1. The van der Waals surface area contributed by atoms with Crippen molar-refractivity contribution >= 4 is 17.4 Å². The maximum atomic E-state index is 12.4. The Morgan fingerprint density at radius 3 is 2.48 bits per heavy atom. The van der Waals surface area contributed by atoms with Crippen LogP contribution < -0.4 is 15.4 Å². The second-order valence-electron chi connectivity index (χ2n) is 6.10. The number of rotatable bonds is 7. The number of anilines is 2. The Kier molecular flexibility index (Phi) is 6.05. The number of hydrogen-bond donors (Lipinski definition) is 2. The molecular formula is C22H23N3O2. The van der Waals surface area contributed by atoms with Gasteiger partial charge >= 0.3 is 0 Å². The number of nitrogens with zero attached hydrogens (tertiary/aromatic N) is 1. The van der Waals surface area contributed by atoms with E-state index < -0.39 is 0 Å². The van der Waals surface area contributed by atoms with Gasteiger partial charge in [0.25, 0.3) is 5.91 Å². The van der Waals surface area contributed by atoms with E-state index in [2.05, 4.69) is 22.5 Å². The summed E-state index contributed by atoms with van der Waals surface area (Å²) >= 11 is 0. The Morgan fingerprint density at radius 2 is 1.81 bits per heavy atom. The normalized spacial score (nSPS) is 10.3.